The molecule has 2 aliphatic rings. The molecule has 0 aromatic heterocycles. The standard InChI is InChI=1S/C14H26N2O.ClH/c1-11(12-9-15-10-12)14(17)16(2)13-7-5-3-4-6-8-13;/h11-13,15H,3-10H2,1-2H3;1H. The van der Waals surface area contributed by atoms with E-state index in [1.54, 1.807) is 0 Å². The molecule has 1 N–H and O–H groups in total. The Kier molecular flexibility index (Phi) is 6.44. The van der Waals surface area contributed by atoms with Crippen molar-refractivity contribution in [1.29, 1.82) is 0 Å². The molecular weight excluding hydrogens is 248 g/mol. The van der Waals surface area contributed by atoms with E-state index in [1.807, 2.05) is 11.9 Å². The van der Waals surface area contributed by atoms with Gasteiger partial charge in [0.25, 0.3) is 0 Å². The summed E-state index contributed by atoms with van der Waals surface area (Å²) in [7, 11) is 2.01. The molecule has 1 heterocycles. The van der Waals surface area contributed by atoms with Gasteiger partial charge in [-0.2, -0.15) is 0 Å². The Morgan fingerprint density at radius 3 is 2.17 bits per heavy atom. The zero-order valence-corrected chi connectivity index (χ0v) is 12.5. The average molecular weight is 275 g/mol. The number of amides is 1. The van der Waals surface area contributed by atoms with E-state index in [-0.39, 0.29) is 18.3 Å². The van der Waals surface area contributed by atoms with E-state index in [1.165, 1.54) is 38.5 Å². The van der Waals surface area contributed by atoms with Gasteiger partial charge >= 0.3 is 0 Å². The van der Waals surface area contributed by atoms with Gasteiger partial charge in [0.05, 0.1) is 0 Å². The Balaban J connectivity index is 0.00000162. The lowest BCUT2D eigenvalue weighted by atomic mass is 9.87. The van der Waals surface area contributed by atoms with Crippen LogP contribution in [0, 0.1) is 11.8 Å². The fourth-order valence-electron chi connectivity index (χ4n) is 3.01. The van der Waals surface area contributed by atoms with Crippen LogP contribution in [0.1, 0.15) is 45.4 Å². The summed E-state index contributed by atoms with van der Waals surface area (Å²) >= 11 is 0. The molecule has 1 aliphatic carbocycles. The molecule has 1 saturated heterocycles. The van der Waals surface area contributed by atoms with Crippen LogP contribution >= 0.6 is 12.4 Å². The normalized spacial score (nSPS) is 23.4. The summed E-state index contributed by atoms with van der Waals surface area (Å²) in [4.78, 5) is 14.4. The zero-order valence-electron chi connectivity index (χ0n) is 11.7. The van der Waals surface area contributed by atoms with Gasteiger partial charge in [-0.25, -0.2) is 0 Å². The zero-order chi connectivity index (χ0) is 12.3. The number of rotatable bonds is 3. The number of halogens is 1. The van der Waals surface area contributed by atoms with Gasteiger partial charge in [-0.05, 0) is 31.8 Å². The molecule has 106 valence electrons. The number of nitrogens with one attached hydrogen (secondary N) is 1. The molecule has 1 aliphatic heterocycles. The molecular formula is C14H27ClN2O. The highest BCUT2D eigenvalue weighted by Gasteiger charge is 2.32. The third kappa shape index (κ3) is 3.61. The fourth-order valence-corrected chi connectivity index (χ4v) is 3.01. The third-order valence-electron chi connectivity index (χ3n) is 4.63. The number of hydrogen-bond donors (Lipinski definition) is 1. The minimum atomic E-state index is 0. The van der Waals surface area contributed by atoms with Crippen molar-refractivity contribution in [3.05, 3.63) is 0 Å². The lowest BCUT2D eigenvalue weighted by molar-refractivity contribution is -0.138. The van der Waals surface area contributed by atoms with E-state index in [9.17, 15) is 4.79 Å². The predicted octanol–water partition coefficient (Wildman–Crippen LogP) is 2.44. The second kappa shape index (κ2) is 7.34. The van der Waals surface area contributed by atoms with Crippen molar-refractivity contribution in [2.24, 2.45) is 11.8 Å². The second-order valence-electron chi connectivity index (χ2n) is 5.80. The van der Waals surface area contributed by atoms with E-state index in [0.29, 0.717) is 17.9 Å². The van der Waals surface area contributed by atoms with E-state index >= 15 is 0 Å². The van der Waals surface area contributed by atoms with Crippen LogP contribution in [0.4, 0.5) is 0 Å². The molecule has 0 aromatic rings. The first-order chi connectivity index (χ1) is 8.20. The van der Waals surface area contributed by atoms with Crippen LogP contribution in [-0.4, -0.2) is 37.0 Å². The average Bonchev–Trinajstić information content (AvgIpc) is 2.53. The molecule has 0 spiro atoms. The monoisotopic (exact) mass is 274 g/mol. The maximum Gasteiger partial charge on any atom is 0.225 e. The van der Waals surface area contributed by atoms with Crippen LogP contribution < -0.4 is 5.32 Å². The van der Waals surface area contributed by atoms with Gasteiger partial charge in [0, 0.05) is 19.0 Å². The van der Waals surface area contributed by atoms with Gasteiger partial charge in [0.15, 0.2) is 0 Å². The van der Waals surface area contributed by atoms with Crippen LogP contribution in [-0.2, 0) is 4.79 Å². The Morgan fingerprint density at radius 2 is 1.72 bits per heavy atom. The van der Waals surface area contributed by atoms with Gasteiger partial charge in [-0.15, -0.1) is 12.4 Å². The minimum Gasteiger partial charge on any atom is -0.343 e. The lowest BCUT2D eigenvalue weighted by Gasteiger charge is -2.36. The van der Waals surface area contributed by atoms with E-state index < -0.39 is 0 Å². The first-order valence-corrected chi connectivity index (χ1v) is 7.17. The molecule has 1 saturated carbocycles. The first kappa shape index (κ1) is 15.8. The summed E-state index contributed by atoms with van der Waals surface area (Å²) in [6.07, 6.45) is 7.69. The van der Waals surface area contributed by atoms with Gasteiger partial charge in [0.1, 0.15) is 0 Å². The molecule has 3 nitrogen and oxygen atoms in total. The number of hydrogen-bond acceptors (Lipinski definition) is 2. The second-order valence-corrected chi connectivity index (χ2v) is 5.80. The van der Waals surface area contributed by atoms with Gasteiger partial charge in [-0.3, -0.25) is 4.79 Å². The van der Waals surface area contributed by atoms with Crippen LogP contribution in [0.3, 0.4) is 0 Å². The highest BCUT2D eigenvalue weighted by atomic mass is 35.5. The SMILES string of the molecule is CC(C(=O)N(C)C1CCCCCC1)C1CNC1.Cl. The summed E-state index contributed by atoms with van der Waals surface area (Å²) < 4.78 is 0. The van der Waals surface area contributed by atoms with Gasteiger partial charge in [-0.1, -0.05) is 32.6 Å². The Morgan fingerprint density at radius 1 is 1.17 bits per heavy atom. The fraction of sp³-hybridized carbons (Fsp3) is 0.929. The van der Waals surface area contributed by atoms with Crippen LogP contribution in [0.15, 0.2) is 0 Å². The molecule has 0 aromatic carbocycles. The molecule has 0 bridgehead atoms. The number of carbonyl (C=O) groups excluding carboxylic acids is 1. The third-order valence-corrected chi connectivity index (χ3v) is 4.63. The summed E-state index contributed by atoms with van der Waals surface area (Å²) in [6.45, 7) is 4.14. The minimum absolute atomic E-state index is 0. The molecule has 4 heteroatoms. The van der Waals surface area contributed by atoms with Crippen molar-refractivity contribution in [2.75, 3.05) is 20.1 Å². The Bertz CT molecular complexity index is 261. The molecule has 1 amide bonds. The lowest BCUT2D eigenvalue weighted by Crippen LogP contribution is -2.51. The quantitative estimate of drug-likeness (QED) is 0.802. The topological polar surface area (TPSA) is 32.3 Å². The smallest absolute Gasteiger partial charge is 0.225 e. The molecule has 2 rings (SSSR count). The summed E-state index contributed by atoms with van der Waals surface area (Å²) in [5.41, 5.74) is 0. The highest BCUT2D eigenvalue weighted by Crippen LogP contribution is 2.24. The Hall–Kier alpha value is -0.280. The van der Waals surface area contributed by atoms with E-state index in [2.05, 4.69) is 12.2 Å². The maximum atomic E-state index is 12.4. The first-order valence-electron chi connectivity index (χ1n) is 7.17. The van der Waals surface area contributed by atoms with E-state index in [4.69, 9.17) is 0 Å². The maximum absolute atomic E-state index is 12.4. The van der Waals surface area contributed by atoms with Crippen LogP contribution in [0.5, 0.6) is 0 Å². The van der Waals surface area contributed by atoms with Crippen molar-refractivity contribution in [3.63, 3.8) is 0 Å². The van der Waals surface area contributed by atoms with Crippen molar-refractivity contribution in [1.82, 2.24) is 10.2 Å². The van der Waals surface area contributed by atoms with Gasteiger partial charge < -0.3 is 10.2 Å². The largest absolute Gasteiger partial charge is 0.343 e. The van der Waals surface area contributed by atoms with Crippen molar-refractivity contribution in [2.45, 2.75) is 51.5 Å². The van der Waals surface area contributed by atoms with E-state index in [0.717, 1.165) is 13.1 Å². The molecule has 0 radical (unpaired) electrons. The highest BCUT2D eigenvalue weighted by molar-refractivity contribution is 5.85. The summed E-state index contributed by atoms with van der Waals surface area (Å²) in [6, 6.07) is 0.500. The van der Waals surface area contributed by atoms with Crippen molar-refractivity contribution < 1.29 is 4.79 Å². The summed E-state index contributed by atoms with van der Waals surface area (Å²) in [5.74, 6) is 1.13. The van der Waals surface area contributed by atoms with Gasteiger partial charge in [0.2, 0.25) is 5.91 Å². The van der Waals surface area contributed by atoms with Crippen LogP contribution in [0.25, 0.3) is 0 Å². The predicted molar refractivity (Wildman–Crippen MR) is 77.0 cm³/mol. The molecule has 1 unspecified atom stereocenters. The van der Waals surface area contributed by atoms with Crippen LogP contribution in [0.2, 0.25) is 0 Å². The number of carbonyl (C=O) groups is 1. The number of nitrogens with zero attached hydrogens (tertiary/aromatic N) is 1. The molecule has 2 fully saturated rings. The van der Waals surface area contributed by atoms with Crippen molar-refractivity contribution in [3.8, 4) is 0 Å². The van der Waals surface area contributed by atoms with Crippen molar-refractivity contribution >= 4 is 18.3 Å². The summed E-state index contributed by atoms with van der Waals surface area (Å²) in [5, 5.41) is 3.25. The molecule has 1 atom stereocenters. The Labute approximate surface area is 117 Å². The molecule has 18 heavy (non-hydrogen) atoms.